The van der Waals surface area contributed by atoms with Crippen molar-refractivity contribution in [1.29, 1.82) is 0 Å². The quantitative estimate of drug-likeness (QED) is 0.0318. The first kappa shape index (κ1) is 63.3. The molecule has 2 fully saturated rings. The number of unbranched alkanes of at least 4 members (excludes halogenated alkanes) is 16. The molecule has 3 atom stereocenters. The normalized spacial score (nSPS) is 17.7. The Morgan fingerprint density at radius 3 is 1.21 bits per heavy atom. The van der Waals surface area contributed by atoms with Gasteiger partial charge in [-0.2, -0.15) is 0 Å². The summed E-state index contributed by atoms with van der Waals surface area (Å²) in [5.74, 6) is -4.98. The Morgan fingerprint density at radius 2 is 0.845 bits per heavy atom. The number of ether oxygens (including phenoxy) is 8. The molecule has 16 heteroatoms. The van der Waals surface area contributed by atoms with Gasteiger partial charge in [0.25, 0.3) is 0 Å². The third kappa shape index (κ3) is 29.5. The maximum Gasteiger partial charge on any atom is 0.311 e. The standard InChI is InChI=1S/C55H95NO15/c1-7-11-15-19-23-27-47(57)65-37-43(38-66-48(58)28-24-20-16-12-8-2)35-51(61)70-46-42-64-45(41-69-54(63)55(5)31-33-56(6)34-32-55)53(46)71-52(62)36-44(39-67-49(59)29-25-21-17-13-9-3)40-68-50(60)30-26-22-18-14-10-4/h43-46,53H,7-42H2,1-6H3/t45?,46-,53-/m0/s1. The number of carbonyl (C=O) groups is 7. The van der Waals surface area contributed by atoms with E-state index in [1.54, 1.807) is 0 Å². The predicted molar refractivity (Wildman–Crippen MR) is 269 cm³/mol. The molecule has 0 aliphatic carbocycles. The van der Waals surface area contributed by atoms with Crippen molar-refractivity contribution in [3.63, 3.8) is 0 Å². The van der Waals surface area contributed by atoms with E-state index in [0.29, 0.717) is 38.5 Å². The van der Waals surface area contributed by atoms with Crippen molar-refractivity contribution in [2.24, 2.45) is 17.3 Å². The molecule has 0 aromatic rings. The Balaban J connectivity index is 2.24. The largest absolute Gasteiger partial charge is 0.465 e. The van der Waals surface area contributed by atoms with Crippen molar-refractivity contribution in [2.45, 2.75) is 233 Å². The highest BCUT2D eigenvalue weighted by Gasteiger charge is 2.45. The van der Waals surface area contributed by atoms with Crippen LogP contribution in [0.4, 0.5) is 0 Å². The molecule has 0 amide bonds. The third-order valence-electron chi connectivity index (χ3n) is 13.5. The first-order valence-corrected chi connectivity index (χ1v) is 27.7. The zero-order valence-electron chi connectivity index (χ0n) is 44.9. The minimum atomic E-state index is -1.21. The van der Waals surface area contributed by atoms with Crippen molar-refractivity contribution < 1.29 is 71.5 Å². The van der Waals surface area contributed by atoms with E-state index < -0.39 is 77.3 Å². The number of likely N-dealkylation sites (tertiary alicyclic amines) is 1. The van der Waals surface area contributed by atoms with E-state index >= 15 is 0 Å². The van der Waals surface area contributed by atoms with Crippen LogP contribution in [-0.2, 0) is 71.5 Å². The lowest BCUT2D eigenvalue weighted by molar-refractivity contribution is -0.173. The van der Waals surface area contributed by atoms with Crippen molar-refractivity contribution in [2.75, 3.05) is 59.8 Å². The second-order valence-corrected chi connectivity index (χ2v) is 20.3. The second-order valence-electron chi connectivity index (χ2n) is 20.3. The fourth-order valence-corrected chi connectivity index (χ4v) is 8.54. The molecule has 0 spiro atoms. The van der Waals surface area contributed by atoms with Gasteiger partial charge in [-0.05, 0) is 65.6 Å². The first-order valence-electron chi connectivity index (χ1n) is 27.7. The number of rotatable bonds is 41. The lowest BCUT2D eigenvalue weighted by atomic mass is 9.80. The fourth-order valence-electron chi connectivity index (χ4n) is 8.54. The molecule has 2 aliphatic rings. The minimum Gasteiger partial charge on any atom is -0.465 e. The highest BCUT2D eigenvalue weighted by molar-refractivity contribution is 5.77. The predicted octanol–water partition coefficient (Wildman–Crippen LogP) is 10.1. The third-order valence-corrected chi connectivity index (χ3v) is 13.5. The van der Waals surface area contributed by atoms with Gasteiger partial charge >= 0.3 is 41.8 Å². The molecule has 16 nitrogen and oxygen atoms in total. The molecule has 2 rings (SSSR count). The van der Waals surface area contributed by atoms with Gasteiger partial charge in [0.15, 0.2) is 12.2 Å². The van der Waals surface area contributed by atoms with E-state index in [1.165, 1.54) is 0 Å². The van der Waals surface area contributed by atoms with Gasteiger partial charge in [-0.15, -0.1) is 0 Å². The summed E-state index contributed by atoms with van der Waals surface area (Å²) >= 11 is 0. The molecule has 0 bridgehead atoms. The van der Waals surface area contributed by atoms with Gasteiger partial charge in [0.05, 0.1) is 51.3 Å². The molecule has 2 heterocycles. The van der Waals surface area contributed by atoms with Gasteiger partial charge < -0.3 is 42.8 Å². The van der Waals surface area contributed by atoms with Crippen LogP contribution in [0.15, 0.2) is 0 Å². The van der Waals surface area contributed by atoms with Gasteiger partial charge in [0.1, 0.15) is 12.7 Å². The topological polar surface area (TPSA) is 197 Å². The van der Waals surface area contributed by atoms with E-state index in [1.807, 2.05) is 14.0 Å². The number of nitrogens with zero attached hydrogens (tertiary/aromatic N) is 1. The zero-order valence-corrected chi connectivity index (χ0v) is 44.9. The molecular weight excluding hydrogens is 915 g/mol. The Bertz CT molecular complexity index is 1450. The van der Waals surface area contributed by atoms with E-state index in [-0.39, 0.29) is 78.2 Å². The highest BCUT2D eigenvalue weighted by atomic mass is 16.6. The van der Waals surface area contributed by atoms with Crippen LogP contribution in [0.25, 0.3) is 0 Å². The molecule has 0 aromatic carbocycles. The summed E-state index contributed by atoms with van der Waals surface area (Å²) in [7, 11) is 2.00. The van der Waals surface area contributed by atoms with E-state index in [4.69, 9.17) is 37.9 Å². The highest BCUT2D eigenvalue weighted by Crippen LogP contribution is 2.33. The van der Waals surface area contributed by atoms with Gasteiger partial charge in [-0.25, -0.2) is 0 Å². The van der Waals surface area contributed by atoms with E-state index in [2.05, 4.69) is 32.6 Å². The SMILES string of the molecule is CCCCCCCC(=O)OCC(COC(=O)CCCCCCC)CC(=O)O[C@H]1COC(COC(=O)C2(C)CCN(C)CC2)[C@@H]1OC(=O)CC(COC(=O)CCCCCCC)COC(=O)CCCCCCC. The van der Waals surface area contributed by atoms with Crippen LogP contribution in [-0.4, -0.2) is 125 Å². The number of carbonyl (C=O) groups excluding carboxylic acids is 7. The van der Waals surface area contributed by atoms with Crippen LogP contribution in [0.2, 0.25) is 0 Å². The Kier molecular flexibility index (Phi) is 34.6. The maximum atomic E-state index is 13.9. The average molecular weight is 1010 g/mol. The van der Waals surface area contributed by atoms with E-state index in [0.717, 1.165) is 116 Å². The molecule has 2 saturated heterocycles. The molecule has 0 radical (unpaired) electrons. The van der Waals surface area contributed by atoms with Crippen molar-refractivity contribution >= 4 is 41.8 Å². The molecule has 410 valence electrons. The molecule has 71 heavy (non-hydrogen) atoms. The average Bonchev–Trinajstić information content (AvgIpc) is 3.72. The number of piperidine rings is 1. The lowest BCUT2D eigenvalue weighted by Gasteiger charge is -2.36. The first-order chi connectivity index (χ1) is 34.2. The molecule has 0 saturated carbocycles. The van der Waals surface area contributed by atoms with Crippen LogP contribution >= 0.6 is 0 Å². The summed E-state index contributed by atoms with van der Waals surface area (Å²) in [6.07, 6.45) is 17.3. The molecular formula is C55H95NO15. The van der Waals surface area contributed by atoms with Gasteiger partial charge in [-0.1, -0.05) is 130 Å². The van der Waals surface area contributed by atoms with Crippen LogP contribution in [0, 0.1) is 17.3 Å². The minimum absolute atomic E-state index is 0.173. The van der Waals surface area contributed by atoms with Crippen LogP contribution in [0.5, 0.6) is 0 Å². The molecule has 1 unspecified atom stereocenters. The summed E-state index contributed by atoms with van der Waals surface area (Å²) in [5.41, 5.74) is -0.720. The lowest BCUT2D eigenvalue weighted by Crippen LogP contribution is -2.44. The van der Waals surface area contributed by atoms with Crippen LogP contribution < -0.4 is 0 Å². The summed E-state index contributed by atoms with van der Waals surface area (Å²) in [4.78, 5) is 94.2. The Labute approximate surface area is 426 Å². The van der Waals surface area contributed by atoms with Gasteiger partial charge in [0, 0.05) is 37.5 Å². The number of hydrogen-bond acceptors (Lipinski definition) is 16. The smallest absolute Gasteiger partial charge is 0.311 e. The second kappa shape index (κ2) is 38.8. The van der Waals surface area contributed by atoms with Crippen molar-refractivity contribution in [3.05, 3.63) is 0 Å². The number of hydrogen-bond donors (Lipinski definition) is 0. The number of esters is 7. The fraction of sp³-hybridized carbons (Fsp3) is 0.873. The summed E-state index contributed by atoms with van der Waals surface area (Å²) in [6, 6.07) is 0. The molecule has 2 aliphatic heterocycles. The molecule has 0 aromatic heterocycles. The summed E-state index contributed by atoms with van der Waals surface area (Å²) < 4.78 is 46.2. The van der Waals surface area contributed by atoms with Gasteiger partial charge in [0.2, 0.25) is 0 Å². The van der Waals surface area contributed by atoms with Crippen molar-refractivity contribution in [3.8, 4) is 0 Å². The van der Waals surface area contributed by atoms with E-state index in [9.17, 15) is 33.6 Å². The van der Waals surface area contributed by atoms with Crippen LogP contribution in [0.1, 0.15) is 214 Å². The summed E-state index contributed by atoms with van der Waals surface area (Å²) in [6.45, 7) is 10.6. The Hall–Kier alpha value is -3.79. The van der Waals surface area contributed by atoms with Crippen molar-refractivity contribution in [1.82, 2.24) is 4.90 Å². The van der Waals surface area contributed by atoms with Gasteiger partial charge in [-0.3, -0.25) is 33.6 Å². The molecule has 0 N–H and O–H groups in total. The Morgan fingerprint density at radius 1 is 0.493 bits per heavy atom. The summed E-state index contributed by atoms with van der Waals surface area (Å²) in [5, 5.41) is 0. The monoisotopic (exact) mass is 1010 g/mol. The maximum absolute atomic E-state index is 13.9. The van der Waals surface area contributed by atoms with Crippen LogP contribution in [0.3, 0.4) is 0 Å². The zero-order chi connectivity index (χ0) is 52.1.